The zero-order valence-electron chi connectivity index (χ0n) is 3.41. The third-order valence-electron chi connectivity index (χ3n) is 0. The molecule has 0 aromatic heterocycles. The van der Waals surface area contributed by atoms with Gasteiger partial charge in [0.05, 0.1) is 0 Å². The van der Waals surface area contributed by atoms with Crippen molar-refractivity contribution in [3.05, 3.63) is 0 Å². The van der Waals surface area contributed by atoms with Crippen LogP contribution in [0.2, 0.25) is 0 Å². The van der Waals surface area contributed by atoms with Gasteiger partial charge in [-0.25, -0.2) is 0 Å². The van der Waals surface area contributed by atoms with E-state index < -0.39 is 0 Å². The Kier molecular flexibility index (Phi) is 385. The Balaban J connectivity index is 0. The molecule has 0 radical (unpaired) electrons. The first-order chi connectivity index (χ1) is 0. The van der Waals surface area contributed by atoms with Gasteiger partial charge in [0.2, 0.25) is 0 Å². The molecule has 0 bridgehead atoms. The van der Waals surface area contributed by atoms with E-state index in [4.69, 9.17) is 0 Å². The van der Waals surface area contributed by atoms with Crippen LogP contribution in [0.1, 0.15) is 0 Å². The number of rotatable bonds is 0. The average Bonchev–Trinajstić information content (AvgIpc) is 0. The first-order valence-corrected chi connectivity index (χ1v) is 0. The number of hydrogen-bond donors (Lipinski definition) is 0. The van der Waals surface area contributed by atoms with Crippen molar-refractivity contribution >= 4 is 110 Å². The van der Waals surface area contributed by atoms with Gasteiger partial charge in [0.15, 0.2) is 0 Å². The molecule has 0 aromatic rings. The van der Waals surface area contributed by atoms with Gasteiger partial charge in [-0.3, -0.25) is 0 Å². The second-order valence-electron chi connectivity index (χ2n) is 0. The molecule has 0 heterocycles. The molecule has 0 unspecified atom stereocenters. The van der Waals surface area contributed by atoms with E-state index in [9.17, 15) is 0 Å². The zero-order chi connectivity index (χ0) is 0. The van der Waals surface area contributed by atoms with Gasteiger partial charge in [0, 0.05) is 0 Å². The Bertz CT molecular complexity index is 9.51. The molecule has 48 valence electrons. The van der Waals surface area contributed by atoms with Crippen molar-refractivity contribution in [1.82, 2.24) is 0 Å². The average molecular weight is 480 g/mol. The Labute approximate surface area is 108 Å². The van der Waals surface area contributed by atoms with Crippen LogP contribution in [0.3, 0.4) is 0 Å². The predicted octanol–water partition coefficient (Wildman–Crippen LogP) is -3.97. The second kappa shape index (κ2) is 40.0. The summed E-state index contributed by atoms with van der Waals surface area (Å²) in [4.78, 5) is 0. The maximum atomic E-state index is 0. The van der Waals surface area contributed by atoms with Gasteiger partial charge in [-0.15, -0.1) is 0 Å². The molecule has 0 rings (SSSR count). The molecule has 0 nitrogen and oxygen atoms in total. The van der Waals surface area contributed by atoms with E-state index in [0.29, 0.717) is 0 Å². The van der Waals surface area contributed by atoms with Gasteiger partial charge < -0.3 is 0 Å². The molecule has 0 N–H and O–H groups in total. The summed E-state index contributed by atoms with van der Waals surface area (Å²) in [6.45, 7) is 0. The van der Waals surface area contributed by atoms with Crippen molar-refractivity contribution in [2.75, 3.05) is 0 Å². The fraction of sp³-hybridized carbons (Fsp3) is 0. The van der Waals surface area contributed by atoms with Gasteiger partial charge in [-0.1, -0.05) is 0 Å². The summed E-state index contributed by atoms with van der Waals surface area (Å²) in [5, 5.41) is 0. The van der Waals surface area contributed by atoms with Crippen molar-refractivity contribution in [1.29, 1.82) is 0 Å². The van der Waals surface area contributed by atoms with Crippen LogP contribution in [0.4, 0.5) is 0 Å². The van der Waals surface area contributed by atoms with Crippen molar-refractivity contribution < 1.29 is 0 Å². The summed E-state index contributed by atoms with van der Waals surface area (Å²) in [6.07, 6.45) is 0. The number of hydrogen-bond acceptors (Lipinski definition) is 0. The third-order valence-corrected chi connectivity index (χ3v) is 0. The van der Waals surface area contributed by atoms with Crippen LogP contribution in [0.25, 0.3) is 0 Å². The van der Waals surface area contributed by atoms with Crippen molar-refractivity contribution in [2.24, 2.45) is 0 Å². The monoisotopic (exact) mass is 480 g/mol. The van der Waals surface area contributed by atoms with E-state index in [0.717, 1.165) is 0 Å². The zero-order valence-corrected chi connectivity index (χ0v) is 17.7. The van der Waals surface area contributed by atoms with E-state index in [2.05, 4.69) is 0 Å². The van der Waals surface area contributed by atoms with Crippen LogP contribution in [0.5, 0.6) is 0 Å². The predicted molar refractivity (Wildman–Crippen MR) is 57.7 cm³/mol. The molecule has 0 aliphatic carbocycles. The molecule has 0 amide bonds. The van der Waals surface area contributed by atoms with Gasteiger partial charge in [0.1, 0.15) is 0 Å². The Morgan fingerprint density at radius 3 is 0.500 bits per heavy atom. The summed E-state index contributed by atoms with van der Waals surface area (Å²) in [5.41, 5.74) is 0. The van der Waals surface area contributed by atoms with E-state index in [1.165, 1.54) is 0 Å². The fourth-order valence-electron chi connectivity index (χ4n) is 0. The SMILES string of the molecule is S.S.[SbH3].[SbH3].[SeH2].[SeH2]. The molecule has 0 aliphatic rings. The molecule has 0 aromatic carbocycles. The molecule has 0 saturated heterocycles. The van der Waals surface area contributed by atoms with Crippen molar-refractivity contribution in [2.45, 2.75) is 0 Å². The molecule has 0 fully saturated rings. The van der Waals surface area contributed by atoms with E-state index in [1.54, 1.807) is 0 Å². The van der Waals surface area contributed by atoms with Crippen LogP contribution in [0.15, 0.2) is 0 Å². The minimum absolute atomic E-state index is 0. The third kappa shape index (κ3) is 26.3. The van der Waals surface area contributed by atoms with Crippen LogP contribution in [-0.2, 0) is 0 Å². The molecule has 6 heavy (non-hydrogen) atoms. The Hall–Kier alpha value is 3.38. The molecule has 0 atom stereocenters. The van der Waals surface area contributed by atoms with Crippen LogP contribution in [0, 0.1) is 0 Å². The first kappa shape index (κ1) is 57.7. The normalized spacial score (nSPS) is 0. The Morgan fingerprint density at radius 2 is 0.500 bits per heavy atom. The molecule has 0 saturated carbocycles. The van der Waals surface area contributed by atoms with Gasteiger partial charge in [-0.05, 0) is 0 Å². The van der Waals surface area contributed by atoms with E-state index >= 15 is 0 Å². The van der Waals surface area contributed by atoms with Gasteiger partial charge in [-0.2, -0.15) is 27.0 Å². The van der Waals surface area contributed by atoms with Crippen LogP contribution in [-0.4, -0.2) is 83.0 Å². The molecule has 6 heteroatoms. The first-order valence-electron chi connectivity index (χ1n) is 0. The van der Waals surface area contributed by atoms with Crippen molar-refractivity contribution in [3.63, 3.8) is 0 Å². The molecule has 0 aliphatic heterocycles. The molecular formula is H14S2Sb2Se2. The topological polar surface area (TPSA) is 0 Å². The molecular weight excluding hydrogens is 466 g/mol. The summed E-state index contributed by atoms with van der Waals surface area (Å²) in [6, 6.07) is 0. The van der Waals surface area contributed by atoms with Gasteiger partial charge >= 0.3 is 83.0 Å². The molecule has 0 spiro atoms. The second-order valence-corrected chi connectivity index (χ2v) is 0. The van der Waals surface area contributed by atoms with Crippen LogP contribution < -0.4 is 0 Å². The van der Waals surface area contributed by atoms with Crippen molar-refractivity contribution in [3.8, 4) is 0 Å². The minimum atomic E-state index is 0. The summed E-state index contributed by atoms with van der Waals surface area (Å²) < 4.78 is 0. The summed E-state index contributed by atoms with van der Waals surface area (Å²) in [5.74, 6) is 0. The fourth-order valence-corrected chi connectivity index (χ4v) is 0. The maximum absolute atomic E-state index is 0. The standard InChI is InChI=1S/2H2S.2Sb.2H2Se.6H/h2*1H2;;;2*1H2;;;;;;. The van der Waals surface area contributed by atoms with Gasteiger partial charge in [0.25, 0.3) is 0 Å². The van der Waals surface area contributed by atoms with E-state index in [-0.39, 0.29) is 110 Å². The van der Waals surface area contributed by atoms with E-state index in [1.807, 2.05) is 0 Å². The quantitative estimate of drug-likeness (QED) is 0.311. The summed E-state index contributed by atoms with van der Waals surface area (Å²) >= 11 is 0. The Morgan fingerprint density at radius 1 is 0.500 bits per heavy atom. The van der Waals surface area contributed by atoms with Crippen LogP contribution >= 0.6 is 27.0 Å². The summed E-state index contributed by atoms with van der Waals surface area (Å²) in [7, 11) is 0.